The lowest BCUT2D eigenvalue weighted by Gasteiger charge is -2.28. The van der Waals surface area contributed by atoms with Crippen molar-refractivity contribution in [2.45, 2.75) is 19.4 Å². The first-order valence-electron chi connectivity index (χ1n) is 9.93. The van der Waals surface area contributed by atoms with Crippen LogP contribution in [0.15, 0.2) is 48.5 Å². The van der Waals surface area contributed by atoms with Crippen molar-refractivity contribution in [3.05, 3.63) is 65.2 Å². The molecule has 0 atom stereocenters. The SMILES string of the molecule is O=C(/C=C/c1ccc2c(c1)OCCO2)NCCCN1CCc2ccccc2C1. The van der Waals surface area contributed by atoms with Crippen LogP contribution in [0.1, 0.15) is 23.1 Å². The summed E-state index contributed by atoms with van der Waals surface area (Å²) >= 11 is 0. The number of rotatable bonds is 6. The van der Waals surface area contributed by atoms with Gasteiger partial charge in [-0.1, -0.05) is 30.3 Å². The van der Waals surface area contributed by atoms with E-state index in [2.05, 4.69) is 34.5 Å². The third-order valence-corrected chi connectivity index (χ3v) is 5.15. The summed E-state index contributed by atoms with van der Waals surface area (Å²) in [4.78, 5) is 14.5. The van der Waals surface area contributed by atoms with Gasteiger partial charge in [0.25, 0.3) is 0 Å². The minimum Gasteiger partial charge on any atom is -0.486 e. The maximum absolute atomic E-state index is 12.1. The van der Waals surface area contributed by atoms with E-state index < -0.39 is 0 Å². The zero-order valence-corrected chi connectivity index (χ0v) is 16.0. The molecular formula is C23H26N2O3. The fourth-order valence-corrected chi connectivity index (χ4v) is 3.65. The molecule has 0 bridgehead atoms. The molecule has 2 aliphatic heterocycles. The summed E-state index contributed by atoms with van der Waals surface area (Å²) in [6, 6.07) is 14.4. The number of carbonyl (C=O) groups is 1. The Morgan fingerprint density at radius 3 is 2.79 bits per heavy atom. The zero-order chi connectivity index (χ0) is 19.2. The largest absolute Gasteiger partial charge is 0.486 e. The standard InChI is InChI=1S/C23H26N2O3/c26-23(9-7-18-6-8-21-22(16-18)28-15-14-27-21)24-11-3-12-25-13-10-19-4-1-2-5-20(19)17-25/h1-2,4-9,16H,3,10-15,17H2,(H,24,26)/b9-7+. The second-order valence-corrected chi connectivity index (χ2v) is 7.18. The summed E-state index contributed by atoms with van der Waals surface area (Å²) in [6.07, 6.45) is 5.43. The van der Waals surface area contributed by atoms with Gasteiger partial charge in [-0.2, -0.15) is 0 Å². The summed E-state index contributed by atoms with van der Waals surface area (Å²) in [6.45, 7) is 4.92. The van der Waals surface area contributed by atoms with Crippen molar-refractivity contribution in [1.29, 1.82) is 0 Å². The third-order valence-electron chi connectivity index (χ3n) is 5.15. The van der Waals surface area contributed by atoms with Crippen LogP contribution in [0, 0.1) is 0 Å². The lowest BCUT2D eigenvalue weighted by molar-refractivity contribution is -0.116. The Morgan fingerprint density at radius 2 is 1.89 bits per heavy atom. The number of ether oxygens (including phenoxy) is 2. The molecule has 2 aromatic rings. The van der Waals surface area contributed by atoms with Crippen molar-refractivity contribution in [1.82, 2.24) is 10.2 Å². The molecule has 0 radical (unpaired) electrons. The maximum atomic E-state index is 12.1. The van der Waals surface area contributed by atoms with Crippen LogP contribution >= 0.6 is 0 Å². The van der Waals surface area contributed by atoms with Crippen molar-refractivity contribution >= 4 is 12.0 Å². The molecule has 4 rings (SSSR count). The fourth-order valence-electron chi connectivity index (χ4n) is 3.65. The Hall–Kier alpha value is -2.79. The second kappa shape index (κ2) is 8.93. The summed E-state index contributed by atoms with van der Waals surface area (Å²) < 4.78 is 11.1. The number of hydrogen-bond donors (Lipinski definition) is 1. The highest BCUT2D eigenvalue weighted by molar-refractivity contribution is 5.91. The number of nitrogens with one attached hydrogen (secondary N) is 1. The van der Waals surface area contributed by atoms with Gasteiger partial charge in [0.05, 0.1) is 0 Å². The lowest BCUT2D eigenvalue weighted by atomic mass is 10.00. The van der Waals surface area contributed by atoms with Crippen molar-refractivity contribution < 1.29 is 14.3 Å². The molecule has 2 aliphatic rings. The van der Waals surface area contributed by atoms with Crippen LogP contribution in [0.5, 0.6) is 11.5 Å². The van der Waals surface area contributed by atoms with Crippen molar-refractivity contribution in [3.63, 3.8) is 0 Å². The molecular weight excluding hydrogens is 352 g/mol. The number of benzene rings is 2. The van der Waals surface area contributed by atoms with Gasteiger partial charge in [-0.3, -0.25) is 9.69 Å². The van der Waals surface area contributed by atoms with E-state index in [-0.39, 0.29) is 5.91 Å². The van der Waals surface area contributed by atoms with E-state index in [0.717, 1.165) is 49.5 Å². The molecule has 0 unspecified atom stereocenters. The minimum absolute atomic E-state index is 0.0705. The van der Waals surface area contributed by atoms with E-state index >= 15 is 0 Å². The van der Waals surface area contributed by atoms with E-state index in [4.69, 9.17) is 9.47 Å². The molecule has 5 heteroatoms. The topological polar surface area (TPSA) is 50.8 Å². The number of carbonyl (C=O) groups excluding carboxylic acids is 1. The van der Waals surface area contributed by atoms with Gasteiger partial charge >= 0.3 is 0 Å². The first kappa shape index (κ1) is 18.6. The second-order valence-electron chi connectivity index (χ2n) is 7.18. The molecule has 1 amide bonds. The molecule has 0 saturated heterocycles. The average Bonchev–Trinajstić information content (AvgIpc) is 2.75. The number of nitrogens with zero attached hydrogens (tertiary/aromatic N) is 1. The van der Waals surface area contributed by atoms with E-state index in [1.54, 1.807) is 12.2 Å². The molecule has 5 nitrogen and oxygen atoms in total. The zero-order valence-electron chi connectivity index (χ0n) is 16.0. The molecule has 28 heavy (non-hydrogen) atoms. The van der Waals surface area contributed by atoms with Crippen LogP contribution < -0.4 is 14.8 Å². The van der Waals surface area contributed by atoms with Gasteiger partial charge in [-0.05, 0) is 47.7 Å². The smallest absolute Gasteiger partial charge is 0.243 e. The highest BCUT2D eigenvalue weighted by Gasteiger charge is 2.15. The molecule has 1 N–H and O–H groups in total. The summed E-state index contributed by atoms with van der Waals surface area (Å²) in [7, 11) is 0. The quantitative estimate of drug-likeness (QED) is 0.620. The van der Waals surface area contributed by atoms with Gasteiger partial charge in [-0.15, -0.1) is 0 Å². The molecule has 0 aromatic heterocycles. The van der Waals surface area contributed by atoms with Gasteiger partial charge in [0, 0.05) is 32.3 Å². The van der Waals surface area contributed by atoms with E-state index in [1.807, 2.05) is 18.2 Å². The number of hydrogen-bond acceptors (Lipinski definition) is 4. The summed E-state index contributed by atoms with van der Waals surface area (Å²) in [5, 5.41) is 2.97. The van der Waals surface area contributed by atoms with Crippen LogP contribution in [0.4, 0.5) is 0 Å². The molecule has 0 spiro atoms. The van der Waals surface area contributed by atoms with Crippen molar-refractivity contribution in [2.24, 2.45) is 0 Å². The van der Waals surface area contributed by atoms with Crippen LogP contribution in [-0.2, 0) is 17.8 Å². The van der Waals surface area contributed by atoms with Gasteiger partial charge < -0.3 is 14.8 Å². The Balaban J connectivity index is 1.18. The maximum Gasteiger partial charge on any atom is 0.243 e. The fraction of sp³-hybridized carbons (Fsp3) is 0.348. The highest BCUT2D eigenvalue weighted by Crippen LogP contribution is 2.31. The number of fused-ring (bicyclic) bond motifs is 2. The van der Waals surface area contributed by atoms with Crippen LogP contribution in [-0.4, -0.2) is 43.7 Å². The van der Waals surface area contributed by atoms with Gasteiger partial charge in [0.2, 0.25) is 5.91 Å². The predicted octanol–water partition coefficient (Wildman–Crippen LogP) is 3.04. The molecule has 146 valence electrons. The monoisotopic (exact) mass is 378 g/mol. The van der Waals surface area contributed by atoms with Crippen molar-refractivity contribution in [2.75, 3.05) is 32.8 Å². The molecule has 2 aromatic carbocycles. The Labute approximate surface area is 165 Å². The van der Waals surface area contributed by atoms with E-state index in [9.17, 15) is 4.79 Å². The van der Waals surface area contributed by atoms with E-state index in [0.29, 0.717) is 19.8 Å². The first-order chi connectivity index (χ1) is 13.8. The van der Waals surface area contributed by atoms with Crippen LogP contribution in [0.3, 0.4) is 0 Å². The third kappa shape index (κ3) is 4.73. The Kier molecular flexibility index (Phi) is 5.92. The molecule has 0 aliphatic carbocycles. The van der Waals surface area contributed by atoms with Crippen molar-refractivity contribution in [3.8, 4) is 11.5 Å². The average molecular weight is 378 g/mol. The first-order valence-corrected chi connectivity index (χ1v) is 9.93. The molecule has 0 saturated carbocycles. The molecule has 2 heterocycles. The van der Waals surface area contributed by atoms with E-state index in [1.165, 1.54) is 11.1 Å². The highest BCUT2D eigenvalue weighted by atomic mass is 16.6. The summed E-state index contributed by atoms with van der Waals surface area (Å²) in [5.74, 6) is 1.42. The van der Waals surface area contributed by atoms with Crippen LogP contribution in [0.2, 0.25) is 0 Å². The lowest BCUT2D eigenvalue weighted by Crippen LogP contribution is -2.33. The minimum atomic E-state index is -0.0705. The van der Waals surface area contributed by atoms with Crippen LogP contribution in [0.25, 0.3) is 6.08 Å². The normalized spacial score (nSPS) is 16.0. The van der Waals surface area contributed by atoms with Gasteiger partial charge in [-0.25, -0.2) is 0 Å². The Bertz CT molecular complexity index is 863. The Morgan fingerprint density at radius 1 is 1.07 bits per heavy atom. The van der Waals surface area contributed by atoms with Gasteiger partial charge in [0.15, 0.2) is 11.5 Å². The van der Waals surface area contributed by atoms with Gasteiger partial charge in [0.1, 0.15) is 13.2 Å². The predicted molar refractivity (Wildman–Crippen MR) is 110 cm³/mol. The number of amides is 1. The summed E-state index contributed by atoms with van der Waals surface area (Å²) in [5.41, 5.74) is 3.82. The molecule has 0 fully saturated rings.